The maximum absolute atomic E-state index is 13.4. The highest BCUT2D eigenvalue weighted by atomic mass is 79.9. The minimum Gasteiger partial charge on any atom is -0.398 e. The number of nitrogens with two attached hydrogens (primary N) is 1. The molecule has 18 heavy (non-hydrogen) atoms. The highest BCUT2D eigenvalue weighted by molar-refractivity contribution is 9.10. The van der Waals surface area contributed by atoms with E-state index in [1.165, 1.54) is 12.1 Å². The van der Waals surface area contributed by atoms with E-state index in [4.69, 9.17) is 5.73 Å². The number of halogens is 2. The lowest BCUT2D eigenvalue weighted by Crippen LogP contribution is -2.37. The zero-order valence-electron chi connectivity index (χ0n) is 9.71. The number of hydrogen-bond donors (Lipinski definition) is 2. The molecule has 0 radical (unpaired) electrons. The summed E-state index contributed by atoms with van der Waals surface area (Å²) in [5.41, 5.74) is 6.22. The van der Waals surface area contributed by atoms with Gasteiger partial charge in [-0.1, -0.05) is 0 Å². The molecule has 0 spiro atoms. The lowest BCUT2D eigenvalue weighted by Gasteiger charge is -2.22. The van der Waals surface area contributed by atoms with Gasteiger partial charge in [0.1, 0.15) is 5.82 Å². The van der Waals surface area contributed by atoms with Crippen molar-refractivity contribution in [1.29, 1.82) is 0 Å². The number of carbonyl (C=O) groups is 1. The lowest BCUT2D eigenvalue weighted by atomic mass is 10.1. The van der Waals surface area contributed by atoms with Gasteiger partial charge < -0.3 is 11.1 Å². The molecule has 0 aromatic heterocycles. The molecule has 1 aliphatic heterocycles. The number of thioether (sulfide) groups is 1. The maximum atomic E-state index is 13.4. The van der Waals surface area contributed by atoms with Gasteiger partial charge in [-0.3, -0.25) is 4.79 Å². The largest absolute Gasteiger partial charge is 0.398 e. The number of carbonyl (C=O) groups excluding carboxylic acids is 1. The molecule has 1 aromatic carbocycles. The molecule has 3 nitrogen and oxygen atoms in total. The molecule has 0 bridgehead atoms. The highest BCUT2D eigenvalue weighted by Crippen LogP contribution is 2.23. The highest BCUT2D eigenvalue weighted by Gasteiger charge is 2.19. The van der Waals surface area contributed by atoms with E-state index in [0.717, 1.165) is 24.3 Å². The van der Waals surface area contributed by atoms with Gasteiger partial charge in [0, 0.05) is 11.7 Å². The number of nitrogen functional groups attached to an aromatic ring is 1. The van der Waals surface area contributed by atoms with Crippen LogP contribution >= 0.6 is 27.7 Å². The number of hydrogen-bond acceptors (Lipinski definition) is 3. The van der Waals surface area contributed by atoms with E-state index in [0.29, 0.717) is 0 Å². The van der Waals surface area contributed by atoms with Crippen LogP contribution in [0.5, 0.6) is 0 Å². The van der Waals surface area contributed by atoms with Crippen LogP contribution in [-0.2, 0) is 0 Å². The van der Waals surface area contributed by atoms with Gasteiger partial charge in [-0.05, 0) is 52.4 Å². The molecule has 1 aromatic rings. The van der Waals surface area contributed by atoms with Crippen molar-refractivity contribution in [2.75, 3.05) is 17.2 Å². The zero-order valence-corrected chi connectivity index (χ0v) is 12.1. The molecule has 1 aliphatic rings. The molecule has 6 heteroatoms. The first-order valence-corrected chi connectivity index (χ1v) is 7.66. The minimum atomic E-state index is -0.478. The first kappa shape index (κ1) is 13.7. The Morgan fingerprint density at radius 1 is 1.44 bits per heavy atom. The third kappa shape index (κ3) is 3.17. The van der Waals surface area contributed by atoms with Gasteiger partial charge >= 0.3 is 0 Å². The van der Waals surface area contributed by atoms with Gasteiger partial charge in [0.05, 0.1) is 10.0 Å². The van der Waals surface area contributed by atoms with E-state index >= 15 is 0 Å². The van der Waals surface area contributed by atoms with Crippen LogP contribution in [0.3, 0.4) is 0 Å². The zero-order chi connectivity index (χ0) is 13.1. The molecule has 0 saturated carbocycles. The summed E-state index contributed by atoms with van der Waals surface area (Å²) in [6.07, 6.45) is 1.91. The molecular formula is C12H14BrFN2OS. The Bertz CT molecular complexity index is 464. The molecule has 3 N–H and O–H groups in total. The van der Waals surface area contributed by atoms with Gasteiger partial charge in [-0.2, -0.15) is 11.8 Å². The molecule has 1 saturated heterocycles. The standard InChI is InChI=1S/C12H14BrFN2OS/c13-9-6-11(15)8(5-10(9)14)12(17)16-7-1-3-18-4-2-7/h5-7H,1-4,15H2,(H,16,17). The van der Waals surface area contributed by atoms with Crippen molar-refractivity contribution in [3.05, 3.63) is 28.0 Å². The Kier molecular flexibility index (Phi) is 4.50. The Hall–Kier alpha value is -0.750. The SMILES string of the molecule is Nc1cc(Br)c(F)cc1C(=O)NC1CCSCC1. The van der Waals surface area contributed by atoms with Gasteiger partial charge in [0.2, 0.25) is 0 Å². The van der Waals surface area contributed by atoms with Crippen LogP contribution in [0, 0.1) is 5.82 Å². The summed E-state index contributed by atoms with van der Waals surface area (Å²) < 4.78 is 13.7. The van der Waals surface area contributed by atoms with Crippen molar-refractivity contribution in [1.82, 2.24) is 5.32 Å². The van der Waals surface area contributed by atoms with E-state index in [9.17, 15) is 9.18 Å². The summed E-state index contributed by atoms with van der Waals surface area (Å²) in [5.74, 6) is 1.33. The first-order valence-electron chi connectivity index (χ1n) is 5.71. The first-order chi connectivity index (χ1) is 8.58. The number of benzene rings is 1. The third-order valence-corrected chi connectivity index (χ3v) is 4.55. The Labute approximate surface area is 118 Å². The van der Waals surface area contributed by atoms with Crippen LogP contribution in [0.4, 0.5) is 10.1 Å². The Morgan fingerprint density at radius 2 is 2.11 bits per heavy atom. The molecule has 0 unspecified atom stereocenters. The van der Waals surface area contributed by atoms with E-state index in [1.54, 1.807) is 0 Å². The second-order valence-corrected chi connectivity index (χ2v) is 6.29. The van der Waals surface area contributed by atoms with E-state index in [1.807, 2.05) is 11.8 Å². The maximum Gasteiger partial charge on any atom is 0.253 e. The minimum absolute atomic E-state index is 0.171. The van der Waals surface area contributed by atoms with E-state index in [2.05, 4.69) is 21.2 Å². The van der Waals surface area contributed by atoms with Crippen molar-refractivity contribution >= 4 is 39.3 Å². The van der Waals surface area contributed by atoms with Gasteiger partial charge in [-0.25, -0.2) is 4.39 Å². The number of rotatable bonds is 2. The summed E-state index contributed by atoms with van der Waals surface area (Å²) >= 11 is 4.93. The number of amides is 1. The summed E-state index contributed by atoms with van der Waals surface area (Å²) in [4.78, 5) is 12.0. The molecule has 0 aliphatic carbocycles. The summed E-state index contributed by atoms with van der Waals surface area (Å²) in [6, 6.07) is 2.76. The average Bonchev–Trinajstić information content (AvgIpc) is 2.35. The quantitative estimate of drug-likeness (QED) is 0.819. The molecule has 1 heterocycles. The van der Waals surface area contributed by atoms with Gasteiger partial charge in [0.25, 0.3) is 5.91 Å². The van der Waals surface area contributed by atoms with Gasteiger partial charge in [-0.15, -0.1) is 0 Å². The Balaban J connectivity index is 2.10. The normalized spacial score (nSPS) is 16.6. The van der Waals surface area contributed by atoms with Crippen molar-refractivity contribution in [2.24, 2.45) is 0 Å². The number of nitrogens with one attached hydrogen (secondary N) is 1. The van der Waals surface area contributed by atoms with Crippen molar-refractivity contribution < 1.29 is 9.18 Å². The van der Waals surface area contributed by atoms with Crippen LogP contribution in [0.2, 0.25) is 0 Å². The predicted molar refractivity (Wildman–Crippen MR) is 76.3 cm³/mol. The lowest BCUT2D eigenvalue weighted by molar-refractivity contribution is 0.0935. The third-order valence-electron chi connectivity index (χ3n) is 2.89. The van der Waals surface area contributed by atoms with Crippen LogP contribution in [0.15, 0.2) is 16.6 Å². The fraction of sp³-hybridized carbons (Fsp3) is 0.417. The fourth-order valence-electron chi connectivity index (χ4n) is 1.86. The van der Waals surface area contributed by atoms with Crippen LogP contribution < -0.4 is 11.1 Å². The summed E-state index contributed by atoms with van der Waals surface area (Å²) in [6.45, 7) is 0. The molecule has 98 valence electrons. The molecule has 1 fully saturated rings. The smallest absolute Gasteiger partial charge is 0.253 e. The molecule has 2 rings (SSSR count). The Morgan fingerprint density at radius 3 is 2.78 bits per heavy atom. The van der Waals surface area contributed by atoms with Crippen LogP contribution in [-0.4, -0.2) is 23.5 Å². The molecule has 0 atom stereocenters. The second-order valence-electron chi connectivity index (χ2n) is 4.21. The average molecular weight is 333 g/mol. The monoisotopic (exact) mass is 332 g/mol. The topological polar surface area (TPSA) is 55.1 Å². The van der Waals surface area contributed by atoms with Crippen molar-refractivity contribution in [3.63, 3.8) is 0 Å². The summed E-state index contributed by atoms with van der Waals surface area (Å²) in [5, 5.41) is 2.91. The molecule has 1 amide bonds. The van der Waals surface area contributed by atoms with Gasteiger partial charge in [0.15, 0.2) is 0 Å². The van der Waals surface area contributed by atoms with E-state index in [-0.39, 0.29) is 27.7 Å². The van der Waals surface area contributed by atoms with Crippen molar-refractivity contribution in [2.45, 2.75) is 18.9 Å². The predicted octanol–water partition coefficient (Wildman–Crippen LogP) is 2.80. The van der Waals surface area contributed by atoms with E-state index < -0.39 is 5.82 Å². The second kappa shape index (κ2) is 5.93. The van der Waals surface area contributed by atoms with Crippen LogP contribution in [0.1, 0.15) is 23.2 Å². The van der Waals surface area contributed by atoms with Crippen LogP contribution in [0.25, 0.3) is 0 Å². The summed E-state index contributed by atoms with van der Waals surface area (Å²) in [7, 11) is 0. The fourth-order valence-corrected chi connectivity index (χ4v) is 3.33. The van der Waals surface area contributed by atoms with Crippen molar-refractivity contribution in [3.8, 4) is 0 Å². The molecular weight excluding hydrogens is 319 g/mol. The number of anilines is 1.